The van der Waals surface area contributed by atoms with Gasteiger partial charge < -0.3 is 10.4 Å². The Morgan fingerprint density at radius 1 is 1.12 bits per heavy atom. The number of aliphatic hydroxyl groups is 1. The van der Waals surface area contributed by atoms with Crippen LogP contribution in [0, 0.1) is 0 Å². The maximum absolute atomic E-state index is 12.8. The molecular formula is C19H19N5O2. The summed E-state index contributed by atoms with van der Waals surface area (Å²) in [5, 5.41) is 25.5. The van der Waals surface area contributed by atoms with E-state index in [0.717, 1.165) is 16.8 Å². The largest absolute Gasteiger partial charge is 0.379 e. The van der Waals surface area contributed by atoms with Gasteiger partial charge in [-0.1, -0.05) is 42.5 Å². The molecule has 1 unspecified atom stereocenters. The SMILES string of the molecule is CC(NC(=O)C1(O)Cc2ccccc2C1)c1nnnn1-c1ccccc1. The van der Waals surface area contributed by atoms with Crippen molar-refractivity contribution in [1.29, 1.82) is 0 Å². The fourth-order valence-electron chi connectivity index (χ4n) is 3.37. The predicted molar refractivity (Wildman–Crippen MR) is 94.5 cm³/mol. The molecule has 4 rings (SSSR count). The van der Waals surface area contributed by atoms with Gasteiger partial charge in [-0.05, 0) is 40.6 Å². The molecule has 7 heteroatoms. The number of fused-ring (bicyclic) bond motifs is 1. The van der Waals surface area contributed by atoms with E-state index in [2.05, 4.69) is 20.8 Å². The number of hydrogen-bond acceptors (Lipinski definition) is 5. The molecule has 0 bridgehead atoms. The Bertz CT molecular complexity index is 913. The summed E-state index contributed by atoms with van der Waals surface area (Å²) in [4.78, 5) is 12.8. The average Bonchev–Trinajstić information content (AvgIpc) is 3.26. The first kappa shape index (κ1) is 16.4. The van der Waals surface area contributed by atoms with Gasteiger partial charge in [-0.3, -0.25) is 4.79 Å². The second kappa shape index (κ2) is 6.34. The smallest absolute Gasteiger partial charge is 0.253 e. The highest BCUT2D eigenvalue weighted by atomic mass is 16.3. The lowest BCUT2D eigenvalue weighted by Gasteiger charge is -2.23. The minimum atomic E-state index is -1.44. The van der Waals surface area contributed by atoms with E-state index < -0.39 is 17.6 Å². The van der Waals surface area contributed by atoms with E-state index in [4.69, 9.17) is 0 Å². The normalized spacial score (nSPS) is 16.1. The van der Waals surface area contributed by atoms with Gasteiger partial charge in [-0.25, -0.2) is 0 Å². The van der Waals surface area contributed by atoms with Crippen LogP contribution in [0.4, 0.5) is 0 Å². The van der Waals surface area contributed by atoms with Crippen LogP contribution < -0.4 is 5.32 Å². The zero-order chi connectivity index (χ0) is 18.1. The number of aromatic nitrogens is 4. The highest BCUT2D eigenvalue weighted by Crippen LogP contribution is 2.30. The Morgan fingerprint density at radius 3 is 2.38 bits per heavy atom. The van der Waals surface area contributed by atoms with E-state index in [-0.39, 0.29) is 0 Å². The number of nitrogens with zero attached hydrogens (tertiary/aromatic N) is 4. The lowest BCUT2D eigenvalue weighted by molar-refractivity contribution is -0.139. The molecule has 0 spiro atoms. The third-order valence-corrected chi connectivity index (χ3v) is 4.74. The highest BCUT2D eigenvalue weighted by Gasteiger charge is 2.42. The number of nitrogens with one attached hydrogen (secondary N) is 1. The Hall–Kier alpha value is -3.06. The van der Waals surface area contributed by atoms with Crippen LogP contribution in [0.15, 0.2) is 54.6 Å². The molecule has 1 aliphatic rings. The third-order valence-electron chi connectivity index (χ3n) is 4.74. The van der Waals surface area contributed by atoms with Crippen molar-refractivity contribution in [3.05, 3.63) is 71.5 Å². The van der Waals surface area contributed by atoms with E-state index in [1.807, 2.05) is 54.6 Å². The highest BCUT2D eigenvalue weighted by molar-refractivity contribution is 5.87. The van der Waals surface area contributed by atoms with Crippen LogP contribution in [0.2, 0.25) is 0 Å². The number of tetrazole rings is 1. The van der Waals surface area contributed by atoms with Gasteiger partial charge in [0.15, 0.2) is 11.4 Å². The first-order valence-electron chi connectivity index (χ1n) is 8.51. The Kier molecular flexibility index (Phi) is 4.00. The molecule has 1 aliphatic carbocycles. The Labute approximate surface area is 150 Å². The monoisotopic (exact) mass is 349 g/mol. The van der Waals surface area contributed by atoms with Crippen molar-refractivity contribution >= 4 is 5.91 Å². The van der Waals surface area contributed by atoms with Crippen LogP contribution in [-0.4, -0.2) is 36.8 Å². The summed E-state index contributed by atoms with van der Waals surface area (Å²) in [5.74, 6) is 0.0903. The second-order valence-corrected chi connectivity index (χ2v) is 6.63. The summed E-state index contributed by atoms with van der Waals surface area (Å²) in [5.41, 5.74) is 1.38. The van der Waals surface area contributed by atoms with E-state index in [0.29, 0.717) is 18.7 Å². The Morgan fingerprint density at radius 2 is 1.73 bits per heavy atom. The van der Waals surface area contributed by atoms with Gasteiger partial charge >= 0.3 is 0 Å². The van der Waals surface area contributed by atoms with Gasteiger partial charge in [0.1, 0.15) is 0 Å². The molecule has 0 radical (unpaired) electrons. The molecule has 0 saturated heterocycles. The number of para-hydroxylation sites is 1. The van der Waals surface area contributed by atoms with E-state index in [1.165, 1.54) is 0 Å². The second-order valence-electron chi connectivity index (χ2n) is 6.63. The zero-order valence-electron chi connectivity index (χ0n) is 14.3. The minimum Gasteiger partial charge on any atom is -0.379 e. The molecular weight excluding hydrogens is 330 g/mol. The van der Waals surface area contributed by atoms with Crippen molar-refractivity contribution in [2.24, 2.45) is 0 Å². The van der Waals surface area contributed by atoms with Crippen molar-refractivity contribution in [1.82, 2.24) is 25.5 Å². The van der Waals surface area contributed by atoms with Gasteiger partial charge in [-0.2, -0.15) is 4.68 Å². The summed E-state index contributed by atoms with van der Waals surface area (Å²) < 4.78 is 1.58. The summed E-state index contributed by atoms with van der Waals surface area (Å²) in [6, 6.07) is 16.7. The summed E-state index contributed by atoms with van der Waals surface area (Å²) in [6.07, 6.45) is 0.622. The number of carbonyl (C=O) groups excluding carboxylic acids is 1. The van der Waals surface area contributed by atoms with Crippen LogP contribution in [0.1, 0.15) is 29.9 Å². The predicted octanol–water partition coefficient (Wildman–Crippen LogP) is 1.37. The van der Waals surface area contributed by atoms with Crippen molar-refractivity contribution < 1.29 is 9.90 Å². The first-order valence-corrected chi connectivity index (χ1v) is 8.51. The number of hydrogen-bond donors (Lipinski definition) is 2. The van der Waals surface area contributed by atoms with Gasteiger partial charge in [0.2, 0.25) is 0 Å². The van der Waals surface area contributed by atoms with E-state index in [9.17, 15) is 9.90 Å². The maximum Gasteiger partial charge on any atom is 0.253 e. The van der Waals surface area contributed by atoms with Crippen LogP contribution in [0.5, 0.6) is 0 Å². The molecule has 132 valence electrons. The molecule has 0 aliphatic heterocycles. The molecule has 7 nitrogen and oxygen atoms in total. The molecule has 26 heavy (non-hydrogen) atoms. The fourth-order valence-corrected chi connectivity index (χ4v) is 3.37. The van der Waals surface area contributed by atoms with Crippen molar-refractivity contribution in [2.75, 3.05) is 0 Å². The zero-order valence-corrected chi connectivity index (χ0v) is 14.3. The van der Waals surface area contributed by atoms with Crippen LogP contribution in [0.3, 0.4) is 0 Å². The maximum atomic E-state index is 12.8. The molecule has 1 aromatic heterocycles. The number of rotatable bonds is 4. The minimum absolute atomic E-state index is 0.311. The molecule has 0 saturated carbocycles. The van der Waals surface area contributed by atoms with Crippen LogP contribution >= 0.6 is 0 Å². The van der Waals surface area contributed by atoms with Crippen molar-refractivity contribution in [3.63, 3.8) is 0 Å². The van der Waals surface area contributed by atoms with Crippen LogP contribution in [0.25, 0.3) is 5.69 Å². The van der Waals surface area contributed by atoms with Gasteiger partial charge in [0, 0.05) is 12.8 Å². The lowest BCUT2D eigenvalue weighted by atomic mass is 9.99. The molecule has 1 atom stereocenters. The topological polar surface area (TPSA) is 92.9 Å². The number of carbonyl (C=O) groups is 1. The molecule has 0 fully saturated rings. The summed E-state index contributed by atoms with van der Waals surface area (Å²) >= 11 is 0. The molecule has 2 N–H and O–H groups in total. The van der Waals surface area contributed by atoms with E-state index in [1.54, 1.807) is 11.6 Å². The fraction of sp³-hybridized carbons (Fsp3) is 0.263. The van der Waals surface area contributed by atoms with Crippen molar-refractivity contribution in [3.8, 4) is 5.69 Å². The van der Waals surface area contributed by atoms with Crippen molar-refractivity contribution in [2.45, 2.75) is 31.4 Å². The van der Waals surface area contributed by atoms with Gasteiger partial charge in [0.05, 0.1) is 11.7 Å². The van der Waals surface area contributed by atoms with Gasteiger partial charge in [-0.15, -0.1) is 5.10 Å². The van der Waals surface area contributed by atoms with Gasteiger partial charge in [0.25, 0.3) is 5.91 Å². The molecule has 3 aromatic rings. The Balaban J connectivity index is 1.52. The molecule has 2 aromatic carbocycles. The number of benzene rings is 2. The third kappa shape index (κ3) is 2.86. The first-order chi connectivity index (χ1) is 12.6. The van der Waals surface area contributed by atoms with Crippen LogP contribution in [-0.2, 0) is 17.6 Å². The standard InChI is InChI=1S/C19H19N5O2/c1-13(17-21-22-23-24(17)16-9-3-2-4-10-16)20-18(25)19(26)11-14-7-5-6-8-15(14)12-19/h2-10,13,26H,11-12H2,1H3,(H,20,25). The lowest BCUT2D eigenvalue weighted by Crippen LogP contribution is -2.48. The number of amides is 1. The molecule has 1 heterocycles. The summed E-state index contributed by atoms with van der Waals surface area (Å²) in [6.45, 7) is 1.80. The quantitative estimate of drug-likeness (QED) is 0.742. The molecule has 1 amide bonds. The summed E-state index contributed by atoms with van der Waals surface area (Å²) in [7, 11) is 0. The average molecular weight is 349 g/mol. The van der Waals surface area contributed by atoms with E-state index >= 15 is 0 Å².